The first-order chi connectivity index (χ1) is 20.6. The molecular formula is C35H41ClN2O5. The van der Waals surface area contributed by atoms with Crippen molar-refractivity contribution >= 4 is 28.8 Å². The first-order valence-corrected chi connectivity index (χ1v) is 15.2. The van der Waals surface area contributed by atoms with Crippen molar-refractivity contribution in [1.29, 1.82) is 0 Å². The summed E-state index contributed by atoms with van der Waals surface area (Å²) in [6.45, 7) is 11.2. The molecule has 0 unspecified atom stereocenters. The fraction of sp³-hybridized carbons (Fsp3) is 0.400. The van der Waals surface area contributed by atoms with Crippen LogP contribution in [0, 0.1) is 12.3 Å². The maximum atomic E-state index is 12.1. The number of benzene rings is 3. The molecule has 1 aliphatic heterocycles. The Labute approximate surface area is 259 Å². The molecule has 1 aliphatic carbocycles. The highest BCUT2D eigenvalue weighted by Gasteiger charge is 2.29. The van der Waals surface area contributed by atoms with Crippen molar-refractivity contribution in [3.8, 4) is 17.2 Å². The molecule has 1 saturated heterocycles. The van der Waals surface area contributed by atoms with E-state index in [1.54, 1.807) is 13.2 Å². The van der Waals surface area contributed by atoms with Crippen LogP contribution < -0.4 is 14.4 Å². The molecule has 8 heteroatoms. The summed E-state index contributed by atoms with van der Waals surface area (Å²) in [7, 11) is 1.56. The third kappa shape index (κ3) is 7.53. The zero-order chi connectivity index (χ0) is 30.6. The summed E-state index contributed by atoms with van der Waals surface area (Å²) in [6, 6.07) is 19.1. The highest BCUT2D eigenvalue weighted by Crippen LogP contribution is 2.43. The third-order valence-corrected chi connectivity index (χ3v) is 8.76. The van der Waals surface area contributed by atoms with E-state index in [1.165, 1.54) is 23.1 Å². The maximum absolute atomic E-state index is 12.1. The molecule has 0 radical (unpaired) electrons. The highest BCUT2D eigenvalue weighted by molar-refractivity contribution is 6.30. The minimum atomic E-state index is -1.03. The molecule has 0 atom stereocenters. The normalized spacial score (nSPS) is 17.2. The molecule has 3 aromatic rings. The molecule has 0 aromatic heterocycles. The lowest BCUT2D eigenvalue weighted by molar-refractivity contribution is 0.0505. The monoisotopic (exact) mass is 604 g/mol. The first-order valence-electron chi connectivity index (χ1n) is 14.8. The number of allylic oxidation sites excluding steroid dienone is 1. The van der Waals surface area contributed by atoms with Crippen LogP contribution in [0.3, 0.4) is 0 Å². The Morgan fingerprint density at radius 3 is 2.40 bits per heavy atom. The summed E-state index contributed by atoms with van der Waals surface area (Å²) < 4.78 is 16.9. The van der Waals surface area contributed by atoms with Crippen molar-refractivity contribution in [3.05, 3.63) is 87.9 Å². The summed E-state index contributed by atoms with van der Waals surface area (Å²) in [4.78, 5) is 16.9. The van der Waals surface area contributed by atoms with Gasteiger partial charge in [0.1, 0.15) is 22.8 Å². The lowest BCUT2D eigenvalue weighted by atomic mass is 9.72. The van der Waals surface area contributed by atoms with Crippen LogP contribution in [0.25, 0.3) is 5.57 Å². The van der Waals surface area contributed by atoms with Gasteiger partial charge in [0.05, 0.1) is 0 Å². The zero-order valence-electron chi connectivity index (χ0n) is 25.5. The predicted molar refractivity (Wildman–Crippen MR) is 172 cm³/mol. The second-order valence-electron chi connectivity index (χ2n) is 12.2. The van der Waals surface area contributed by atoms with E-state index in [4.69, 9.17) is 25.8 Å². The predicted octanol–water partition coefficient (Wildman–Crippen LogP) is 7.91. The number of anilines is 1. The minimum Gasteiger partial charge on any atom is -0.478 e. The number of carboxylic acid groups (broad SMARTS) is 1. The number of hydrogen-bond acceptors (Lipinski definition) is 6. The number of carboxylic acids is 1. The average molecular weight is 605 g/mol. The molecule has 228 valence electrons. The Bertz CT molecular complexity index is 1480. The number of piperazine rings is 1. The van der Waals surface area contributed by atoms with Gasteiger partial charge in [-0.15, -0.1) is 0 Å². The number of carbonyl (C=O) groups is 1. The lowest BCUT2D eigenvalue weighted by Crippen LogP contribution is -2.47. The topological polar surface area (TPSA) is 71.5 Å². The number of hydrogen-bond donors (Lipinski definition) is 1. The van der Waals surface area contributed by atoms with Gasteiger partial charge in [0.25, 0.3) is 0 Å². The van der Waals surface area contributed by atoms with E-state index in [2.05, 4.69) is 35.8 Å². The summed E-state index contributed by atoms with van der Waals surface area (Å²) >= 11 is 6.19. The summed E-state index contributed by atoms with van der Waals surface area (Å²) in [5, 5.41) is 10.6. The van der Waals surface area contributed by atoms with Crippen LogP contribution in [0.1, 0.15) is 54.6 Å². The van der Waals surface area contributed by atoms with Gasteiger partial charge in [0.2, 0.25) is 0 Å². The van der Waals surface area contributed by atoms with E-state index in [0.717, 1.165) is 61.8 Å². The number of nitrogens with zero attached hydrogens (tertiary/aromatic N) is 2. The number of halogens is 1. The molecule has 3 aromatic carbocycles. The van der Waals surface area contributed by atoms with Crippen LogP contribution in [-0.4, -0.2) is 62.6 Å². The largest absolute Gasteiger partial charge is 0.478 e. The van der Waals surface area contributed by atoms with Gasteiger partial charge >= 0.3 is 5.97 Å². The van der Waals surface area contributed by atoms with Crippen LogP contribution in [0.15, 0.2) is 66.2 Å². The molecule has 0 bridgehead atoms. The molecular weight excluding hydrogens is 564 g/mol. The van der Waals surface area contributed by atoms with E-state index >= 15 is 0 Å². The number of methoxy groups -OCH3 is 1. The first kappa shape index (κ1) is 30.9. The van der Waals surface area contributed by atoms with E-state index < -0.39 is 5.97 Å². The molecule has 43 heavy (non-hydrogen) atoms. The number of aromatic carboxylic acids is 1. The fourth-order valence-corrected chi connectivity index (χ4v) is 6.09. The summed E-state index contributed by atoms with van der Waals surface area (Å²) in [5.74, 6) is 0.441. The van der Waals surface area contributed by atoms with Crippen molar-refractivity contribution in [2.45, 2.75) is 40.0 Å². The SMILES string of the molecule is COCOc1cccc(Oc2cc(N3CCN(CC4=C(c5ccc(Cl)cc5)CC(C)(C)CC4)CC3)ccc2C(=O)O)c1C. The zero-order valence-corrected chi connectivity index (χ0v) is 26.2. The van der Waals surface area contributed by atoms with E-state index in [9.17, 15) is 9.90 Å². The van der Waals surface area contributed by atoms with Crippen LogP contribution in [0.2, 0.25) is 5.02 Å². The molecule has 0 amide bonds. The van der Waals surface area contributed by atoms with Crippen molar-refractivity contribution < 1.29 is 24.1 Å². The van der Waals surface area contributed by atoms with Gasteiger partial charge < -0.3 is 24.2 Å². The molecule has 1 heterocycles. The standard InChI is InChI=1S/C35H41ClN2O5/c1-24-31(42-23-41-4)6-5-7-32(24)43-33-20-28(12-13-29(33)34(39)40)38-18-16-37(17-19-38)22-26-14-15-35(2,3)21-30(26)25-8-10-27(36)11-9-25/h5-13,20H,14-19,21-23H2,1-4H3,(H,39,40). The third-order valence-electron chi connectivity index (χ3n) is 8.51. The summed E-state index contributed by atoms with van der Waals surface area (Å²) in [6.07, 6.45) is 3.38. The molecule has 0 saturated carbocycles. The fourth-order valence-electron chi connectivity index (χ4n) is 5.97. The number of rotatable bonds is 10. The van der Waals surface area contributed by atoms with Crippen LogP contribution in [-0.2, 0) is 4.74 Å². The number of ether oxygens (including phenoxy) is 3. The Morgan fingerprint density at radius 1 is 0.977 bits per heavy atom. The van der Waals surface area contributed by atoms with Crippen LogP contribution in [0.5, 0.6) is 17.2 Å². The second-order valence-corrected chi connectivity index (χ2v) is 12.6. The quantitative estimate of drug-likeness (QED) is 0.236. The molecule has 0 spiro atoms. The average Bonchev–Trinajstić information content (AvgIpc) is 2.99. The van der Waals surface area contributed by atoms with Gasteiger partial charge in [-0.3, -0.25) is 4.90 Å². The van der Waals surface area contributed by atoms with Crippen molar-refractivity contribution in [3.63, 3.8) is 0 Å². The van der Waals surface area contributed by atoms with Gasteiger partial charge in [-0.2, -0.15) is 0 Å². The van der Waals surface area contributed by atoms with Crippen molar-refractivity contribution in [2.24, 2.45) is 5.41 Å². The van der Waals surface area contributed by atoms with Gasteiger partial charge in [-0.05, 0) is 79.1 Å². The molecule has 7 nitrogen and oxygen atoms in total. The second kappa shape index (κ2) is 13.4. The Kier molecular flexibility index (Phi) is 9.65. The van der Waals surface area contributed by atoms with Crippen LogP contribution in [0.4, 0.5) is 5.69 Å². The maximum Gasteiger partial charge on any atom is 0.339 e. The Balaban J connectivity index is 1.30. The van der Waals surface area contributed by atoms with Gasteiger partial charge in [-0.1, -0.05) is 49.2 Å². The van der Waals surface area contributed by atoms with Gasteiger partial charge in [0.15, 0.2) is 6.79 Å². The van der Waals surface area contributed by atoms with E-state index in [-0.39, 0.29) is 17.8 Å². The van der Waals surface area contributed by atoms with Crippen LogP contribution >= 0.6 is 11.6 Å². The minimum absolute atomic E-state index is 0.115. The Morgan fingerprint density at radius 2 is 1.70 bits per heavy atom. The smallest absolute Gasteiger partial charge is 0.339 e. The van der Waals surface area contributed by atoms with Crippen molar-refractivity contribution in [2.75, 3.05) is 51.5 Å². The highest BCUT2D eigenvalue weighted by atomic mass is 35.5. The van der Waals surface area contributed by atoms with E-state index in [0.29, 0.717) is 17.2 Å². The van der Waals surface area contributed by atoms with E-state index in [1.807, 2.05) is 49.4 Å². The molecule has 5 rings (SSSR count). The van der Waals surface area contributed by atoms with Crippen molar-refractivity contribution in [1.82, 2.24) is 4.90 Å². The molecule has 1 N–H and O–H groups in total. The summed E-state index contributed by atoms with van der Waals surface area (Å²) in [5.41, 5.74) is 6.40. The molecule has 2 aliphatic rings. The van der Waals surface area contributed by atoms with Gasteiger partial charge in [0, 0.05) is 62.2 Å². The Hall–Kier alpha value is -3.52. The van der Waals surface area contributed by atoms with Gasteiger partial charge in [-0.25, -0.2) is 4.79 Å². The molecule has 1 fully saturated rings. The lowest BCUT2D eigenvalue weighted by Gasteiger charge is -2.39.